The van der Waals surface area contributed by atoms with E-state index in [9.17, 15) is 14.7 Å². The van der Waals surface area contributed by atoms with Crippen molar-refractivity contribution in [3.05, 3.63) is 41.0 Å². The molecule has 2 aliphatic carbocycles. The minimum Gasteiger partial charge on any atom is -0.507 e. The van der Waals surface area contributed by atoms with Gasteiger partial charge in [0.2, 0.25) is 11.6 Å². The molecule has 1 aromatic rings. The lowest BCUT2D eigenvalue weighted by Gasteiger charge is -2.42. The Kier molecular flexibility index (Phi) is 3.23. The van der Waals surface area contributed by atoms with Gasteiger partial charge in [-0.25, -0.2) is 0 Å². The predicted molar refractivity (Wildman–Crippen MR) is 81.1 cm³/mol. The molecule has 1 saturated carbocycles. The predicted octanol–water partition coefficient (Wildman–Crippen LogP) is 3.94. The highest BCUT2D eigenvalue weighted by molar-refractivity contribution is 6.52. The van der Waals surface area contributed by atoms with Gasteiger partial charge in [0, 0.05) is 16.5 Å². The third-order valence-electron chi connectivity index (χ3n) is 5.34. The molecule has 0 aliphatic heterocycles. The van der Waals surface area contributed by atoms with Crippen LogP contribution in [0.1, 0.15) is 55.5 Å². The van der Waals surface area contributed by atoms with Gasteiger partial charge in [-0.05, 0) is 18.8 Å². The van der Waals surface area contributed by atoms with Crippen molar-refractivity contribution >= 4 is 17.3 Å². The standard InChI is InChI=1S/C18H20O3/c1-11-7-5-6-10-18(11,2)14-15(19)12-8-3-4-9-13(12)16(20)17(14)21/h3-4,8-9,11,19H,5-7,10H2,1-2H3. The fourth-order valence-electron chi connectivity index (χ4n) is 3.77. The Morgan fingerprint density at radius 1 is 1.10 bits per heavy atom. The summed E-state index contributed by atoms with van der Waals surface area (Å²) in [6, 6.07) is 6.82. The Hall–Kier alpha value is -1.90. The SMILES string of the molecule is CC1CCCCC1(C)C1=C(O)c2ccccc2C(=O)C1=O. The number of Topliss-reactive ketones (excluding diaryl/α,β-unsaturated/α-hetero) is 2. The Labute approximate surface area is 124 Å². The van der Waals surface area contributed by atoms with Crippen molar-refractivity contribution in [3.8, 4) is 0 Å². The highest BCUT2D eigenvalue weighted by Crippen LogP contribution is 2.50. The molecule has 0 saturated heterocycles. The van der Waals surface area contributed by atoms with E-state index in [0.29, 0.717) is 16.7 Å². The monoisotopic (exact) mass is 284 g/mol. The number of rotatable bonds is 1. The fraction of sp³-hybridized carbons (Fsp3) is 0.444. The van der Waals surface area contributed by atoms with Crippen LogP contribution >= 0.6 is 0 Å². The maximum Gasteiger partial charge on any atom is 0.234 e. The van der Waals surface area contributed by atoms with Crippen LogP contribution in [0.15, 0.2) is 29.8 Å². The van der Waals surface area contributed by atoms with Gasteiger partial charge < -0.3 is 5.11 Å². The second-order valence-corrected chi connectivity index (χ2v) is 6.49. The first kappa shape index (κ1) is 14.1. The molecule has 0 aromatic heterocycles. The first-order chi connectivity index (χ1) is 9.97. The third-order valence-corrected chi connectivity index (χ3v) is 5.34. The summed E-state index contributed by atoms with van der Waals surface area (Å²) in [5.74, 6) is -0.725. The molecule has 0 bridgehead atoms. The second-order valence-electron chi connectivity index (χ2n) is 6.49. The number of carbonyl (C=O) groups is 2. The van der Waals surface area contributed by atoms with Gasteiger partial charge in [-0.15, -0.1) is 0 Å². The number of aliphatic hydroxyl groups excluding tert-OH is 1. The fourth-order valence-corrected chi connectivity index (χ4v) is 3.77. The molecule has 0 heterocycles. The van der Waals surface area contributed by atoms with Crippen LogP contribution in [-0.2, 0) is 4.79 Å². The number of hydrogen-bond donors (Lipinski definition) is 1. The molecule has 0 amide bonds. The lowest BCUT2D eigenvalue weighted by Crippen LogP contribution is -2.39. The van der Waals surface area contributed by atoms with Crippen LogP contribution in [0.25, 0.3) is 5.76 Å². The summed E-state index contributed by atoms with van der Waals surface area (Å²) in [6.45, 7) is 4.12. The van der Waals surface area contributed by atoms with Crippen molar-refractivity contribution in [2.75, 3.05) is 0 Å². The number of benzene rings is 1. The van der Waals surface area contributed by atoms with Crippen LogP contribution in [0.2, 0.25) is 0 Å². The van der Waals surface area contributed by atoms with E-state index in [4.69, 9.17) is 0 Å². The molecule has 1 aromatic carbocycles. The zero-order valence-corrected chi connectivity index (χ0v) is 12.5. The number of carbonyl (C=O) groups excluding carboxylic acids is 2. The average Bonchev–Trinajstić information content (AvgIpc) is 2.48. The molecule has 0 spiro atoms. The van der Waals surface area contributed by atoms with Gasteiger partial charge in [-0.2, -0.15) is 0 Å². The Morgan fingerprint density at radius 2 is 1.76 bits per heavy atom. The van der Waals surface area contributed by atoms with Crippen LogP contribution in [0, 0.1) is 11.3 Å². The molecule has 3 heteroatoms. The largest absolute Gasteiger partial charge is 0.507 e. The molecule has 3 rings (SSSR count). The van der Waals surface area contributed by atoms with Crippen molar-refractivity contribution in [1.82, 2.24) is 0 Å². The summed E-state index contributed by atoms with van der Waals surface area (Å²) in [5, 5.41) is 10.7. The van der Waals surface area contributed by atoms with Crippen molar-refractivity contribution in [2.24, 2.45) is 11.3 Å². The number of hydrogen-bond acceptors (Lipinski definition) is 3. The molecule has 0 radical (unpaired) electrons. The smallest absolute Gasteiger partial charge is 0.234 e. The lowest BCUT2D eigenvalue weighted by molar-refractivity contribution is -0.113. The van der Waals surface area contributed by atoms with Gasteiger partial charge in [0.05, 0.1) is 5.57 Å². The minimum atomic E-state index is -0.526. The highest BCUT2D eigenvalue weighted by Gasteiger charge is 2.46. The molecule has 21 heavy (non-hydrogen) atoms. The molecular formula is C18H20O3. The summed E-state index contributed by atoms with van der Waals surface area (Å²) in [7, 11) is 0. The Morgan fingerprint density at radius 3 is 2.43 bits per heavy atom. The van der Waals surface area contributed by atoms with Gasteiger partial charge in [0.25, 0.3) is 0 Å². The quantitative estimate of drug-likeness (QED) is 0.795. The van der Waals surface area contributed by atoms with E-state index in [-0.39, 0.29) is 11.7 Å². The molecule has 2 atom stereocenters. The molecule has 1 fully saturated rings. The van der Waals surface area contributed by atoms with Crippen molar-refractivity contribution in [1.29, 1.82) is 0 Å². The van der Waals surface area contributed by atoms with E-state index in [2.05, 4.69) is 6.92 Å². The van der Waals surface area contributed by atoms with E-state index >= 15 is 0 Å². The minimum absolute atomic E-state index is 0.00597. The molecule has 2 aliphatic rings. The van der Waals surface area contributed by atoms with Gasteiger partial charge in [0.1, 0.15) is 5.76 Å². The maximum absolute atomic E-state index is 12.6. The lowest BCUT2D eigenvalue weighted by atomic mass is 9.61. The number of allylic oxidation sites excluding steroid dienone is 1. The molecular weight excluding hydrogens is 264 g/mol. The van der Waals surface area contributed by atoms with Crippen LogP contribution in [-0.4, -0.2) is 16.7 Å². The highest BCUT2D eigenvalue weighted by atomic mass is 16.3. The van der Waals surface area contributed by atoms with E-state index in [1.807, 2.05) is 6.92 Å². The molecule has 110 valence electrons. The van der Waals surface area contributed by atoms with Gasteiger partial charge in [-0.1, -0.05) is 51.0 Å². The first-order valence-corrected chi connectivity index (χ1v) is 7.59. The summed E-state index contributed by atoms with van der Waals surface area (Å²) in [6.07, 6.45) is 4.04. The van der Waals surface area contributed by atoms with Crippen LogP contribution in [0.5, 0.6) is 0 Å². The van der Waals surface area contributed by atoms with Crippen molar-refractivity contribution < 1.29 is 14.7 Å². The summed E-state index contributed by atoms with van der Waals surface area (Å²) in [5.41, 5.74) is 0.730. The number of aliphatic hydroxyl groups is 1. The van der Waals surface area contributed by atoms with Crippen LogP contribution < -0.4 is 0 Å². The van der Waals surface area contributed by atoms with Gasteiger partial charge in [0.15, 0.2) is 0 Å². The van der Waals surface area contributed by atoms with E-state index < -0.39 is 17.0 Å². The molecule has 2 unspecified atom stereocenters. The Balaban J connectivity index is 2.21. The number of ketones is 2. The van der Waals surface area contributed by atoms with Crippen LogP contribution in [0.4, 0.5) is 0 Å². The average molecular weight is 284 g/mol. The van der Waals surface area contributed by atoms with Crippen molar-refractivity contribution in [3.63, 3.8) is 0 Å². The Bertz CT molecular complexity index is 656. The number of fused-ring (bicyclic) bond motifs is 1. The van der Waals surface area contributed by atoms with Crippen LogP contribution in [0.3, 0.4) is 0 Å². The first-order valence-electron chi connectivity index (χ1n) is 7.59. The summed E-state index contributed by atoms with van der Waals surface area (Å²) in [4.78, 5) is 25.0. The van der Waals surface area contributed by atoms with Gasteiger partial charge >= 0.3 is 0 Å². The second kappa shape index (κ2) is 4.83. The third kappa shape index (κ3) is 1.95. The van der Waals surface area contributed by atoms with Crippen molar-refractivity contribution in [2.45, 2.75) is 39.5 Å². The topological polar surface area (TPSA) is 54.4 Å². The normalized spacial score (nSPS) is 29.5. The van der Waals surface area contributed by atoms with E-state index in [0.717, 1.165) is 25.7 Å². The molecule has 3 nitrogen and oxygen atoms in total. The van der Waals surface area contributed by atoms with Gasteiger partial charge in [-0.3, -0.25) is 9.59 Å². The summed E-state index contributed by atoms with van der Waals surface area (Å²) < 4.78 is 0. The summed E-state index contributed by atoms with van der Waals surface area (Å²) >= 11 is 0. The zero-order valence-electron chi connectivity index (χ0n) is 12.5. The maximum atomic E-state index is 12.6. The zero-order chi connectivity index (χ0) is 15.2. The molecule has 1 N–H and O–H groups in total. The van der Waals surface area contributed by atoms with E-state index in [1.54, 1.807) is 24.3 Å². The van der Waals surface area contributed by atoms with E-state index in [1.165, 1.54) is 0 Å².